The Morgan fingerprint density at radius 1 is 1.47 bits per heavy atom. The molecule has 0 unspecified atom stereocenters. The Kier molecular flexibility index (Phi) is 3.06. The number of hydrogen-bond donors (Lipinski definition) is 1. The second-order valence-corrected chi connectivity index (χ2v) is 4.30. The third-order valence-corrected chi connectivity index (χ3v) is 2.78. The first kappa shape index (κ1) is 11.6. The van der Waals surface area contributed by atoms with Crippen molar-refractivity contribution in [3.8, 4) is 0 Å². The van der Waals surface area contributed by atoms with Crippen LogP contribution >= 0.6 is 0 Å². The minimum Gasteiger partial charge on any atom is -0.282 e. The van der Waals surface area contributed by atoms with Gasteiger partial charge in [-0.2, -0.15) is 8.42 Å². The summed E-state index contributed by atoms with van der Waals surface area (Å²) in [6.45, 7) is 1.72. The molecule has 1 aromatic carbocycles. The summed E-state index contributed by atoms with van der Waals surface area (Å²) in [6, 6.07) is 3.32. The zero-order valence-corrected chi connectivity index (χ0v) is 8.69. The molecular weight excluding hydrogens is 222 g/mol. The van der Waals surface area contributed by atoms with Crippen LogP contribution in [0.15, 0.2) is 23.1 Å². The molecule has 0 saturated heterocycles. The first-order chi connectivity index (χ1) is 6.86. The normalized spacial score (nSPS) is 11.3. The van der Waals surface area contributed by atoms with Crippen molar-refractivity contribution in [2.24, 2.45) is 0 Å². The fourth-order valence-electron chi connectivity index (χ4n) is 1.17. The van der Waals surface area contributed by atoms with Crippen molar-refractivity contribution in [3.05, 3.63) is 33.9 Å². The van der Waals surface area contributed by atoms with Gasteiger partial charge in [-0.3, -0.25) is 14.7 Å². The highest BCUT2D eigenvalue weighted by atomic mass is 32.2. The summed E-state index contributed by atoms with van der Waals surface area (Å²) in [7, 11) is -4.39. The maximum absolute atomic E-state index is 10.7. The number of nitrogens with zero attached hydrogens (tertiary/aromatic N) is 1. The minimum absolute atomic E-state index is 0.298. The molecule has 7 heteroatoms. The number of rotatable bonds is 3. The molecule has 0 spiro atoms. The van der Waals surface area contributed by atoms with Crippen LogP contribution in [0.25, 0.3) is 0 Å². The van der Waals surface area contributed by atoms with Gasteiger partial charge >= 0.3 is 0 Å². The second-order valence-electron chi connectivity index (χ2n) is 2.88. The highest BCUT2D eigenvalue weighted by Crippen LogP contribution is 2.23. The van der Waals surface area contributed by atoms with Gasteiger partial charge in [-0.25, -0.2) is 0 Å². The summed E-state index contributed by atoms with van der Waals surface area (Å²) >= 11 is 0. The first-order valence-electron chi connectivity index (χ1n) is 4.11. The Balaban J connectivity index is 3.42. The number of nitro benzene ring substituents is 1. The van der Waals surface area contributed by atoms with Gasteiger partial charge < -0.3 is 0 Å². The lowest BCUT2D eigenvalue weighted by Gasteiger charge is -2.01. The van der Waals surface area contributed by atoms with Crippen molar-refractivity contribution in [2.75, 3.05) is 0 Å². The van der Waals surface area contributed by atoms with E-state index in [1.807, 2.05) is 0 Å². The Hall–Kier alpha value is -1.47. The Morgan fingerprint density at radius 3 is 2.47 bits per heavy atom. The van der Waals surface area contributed by atoms with Gasteiger partial charge in [0.1, 0.15) is 4.90 Å². The van der Waals surface area contributed by atoms with Gasteiger partial charge in [0.15, 0.2) is 0 Å². The summed E-state index contributed by atoms with van der Waals surface area (Å²) in [5.74, 6) is 0. The summed E-state index contributed by atoms with van der Waals surface area (Å²) in [4.78, 5) is 9.45. The van der Waals surface area contributed by atoms with Crippen LogP contribution in [-0.2, 0) is 16.5 Å². The van der Waals surface area contributed by atoms with E-state index in [9.17, 15) is 18.5 Å². The number of aryl methyl sites for hydroxylation is 1. The van der Waals surface area contributed by atoms with E-state index in [4.69, 9.17) is 4.55 Å². The van der Waals surface area contributed by atoms with Crippen LogP contribution in [0.2, 0.25) is 0 Å². The van der Waals surface area contributed by atoms with Gasteiger partial charge in [0.25, 0.3) is 15.8 Å². The third-order valence-electron chi connectivity index (χ3n) is 1.93. The summed E-state index contributed by atoms with van der Waals surface area (Å²) in [5, 5.41) is 10.6. The molecule has 0 amide bonds. The first-order valence-corrected chi connectivity index (χ1v) is 5.55. The molecule has 0 aliphatic carbocycles. The van der Waals surface area contributed by atoms with Crippen molar-refractivity contribution < 1.29 is 17.9 Å². The quantitative estimate of drug-likeness (QED) is 0.481. The molecule has 0 aromatic heterocycles. The summed E-state index contributed by atoms with van der Waals surface area (Å²) in [5.41, 5.74) is 0.125. The largest absolute Gasteiger partial charge is 0.294 e. The Bertz CT molecular complexity index is 494. The van der Waals surface area contributed by atoms with Gasteiger partial charge in [0.05, 0.1) is 4.92 Å². The van der Waals surface area contributed by atoms with E-state index in [1.165, 1.54) is 6.07 Å². The van der Waals surface area contributed by atoms with E-state index < -0.39 is 19.9 Å². The van der Waals surface area contributed by atoms with E-state index in [1.54, 1.807) is 6.92 Å². The third kappa shape index (κ3) is 2.51. The number of nitro groups is 1. The van der Waals surface area contributed by atoms with E-state index >= 15 is 0 Å². The maximum Gasteiger partial charge on any atom is 0.294 e. The molecule has 0 bridgehead atoms. The van der Waals surface area contributed by atoms with E-state index in [0.29, 0.717) is 12.0 Å². The lowest BCUT2D eigenvalue weighted by atomic mass is 10.1. The van der Waals surface area contributed by atoms with Crippen LogP contribution in [0.1, 0.15) is 12.5 Å². The molecule has 1 N–H and O–H groups in total. The highest BCUT2D eigenvalue weighted by molar-refractivity contribution is 7.85. The molecule has 0 aliphatic rings. The Labute approximate surface area is 86.4 Å². The molecule has 0 aliphatic heterocycles. The lowest BCUT2D eigenvalue weighted by Crippen LogP contribution is -2.01. The van der Waals surface area contributed by atoms with Gasteiger partial charge in [-0.1, -0.05) is 13.0 Å². The van der Waals surface area contributed by atoms with Crippen LogP contribution in [0.4, 0.5) is 5.69 Å². The van der Waals surface area contributed by atoms with Gasteiger partial charge in [0.2, 0.25) is 0 Å². The topological polar surface area (TPSA) is 97.5 Å². The van der Waals surface area contributed by atoms with Crippen LogP contribution in [0.5, 0.6) is 0 Å². The minimum atomic E-state index is -4.39. The SMILES string of the molecule is CCc1ccc(S(=O)(=O)O)cc1[N+](=O)[O-]. The van der Waals surface area contributed by atoms with Gasteiger partial charge in [0, 0.05) is 11.6 Å². The zero-order chi connectivity index (χ0) is 11.6. The monoisotopic (exact) mass is 231 g/mol. The van der Waals surface area contributed by atoms with Gasteiger partial charge in [-0.05, 0) is 12.5 Å². The average molecular weight is 231 g/mol. The van der Waals surface area contributed by atoms with E-state index in [-0.39, 0.29) is 5.69 Å². The van der Waals surface area contributed by atoms with Crippen LogP contribution in [0.3, 0.4) is 0 Å². The van der Waals surface area contributed by atoms with Crippen molar-refractivity contribution >= 4 is 15.8 Å². The van der Waals surface area contributed by atoms with Crippen molar-refractivity contribution in [3.63, 3.8) is 0 Å². The van der Waals surface area contributed by atoms with E-state index in [0.717, 1.165) is 12.1 Å². The predicted octanol–water partition coefficient (Wildman–Crippen LogP) is 1.40. The smallest absolute Gasteiger partial charge is 0.282 e. The average Bonchev–Trinajstić information content (AvgIpc) is 2.15. The van der Waals surface area contributed by atoms with Crippen molar-refractivity contribution in [1.29, 1.82) is 0 Å². The lowest BCUT2D eigenvalue weighted by molar-refractivity contribution is -0.385. The van der Waals surface area contributed by atoms with Gasteiger partial charge in [-0.15, -0.1) is 0 Å². The molecule has 15 heavy (non-hydrogen) atoms. The van der Waals surface area contributed by atoms with Crippen molar-refractivity contribution in [2.45, 2.75) is 18.2 Å². The maximum atomic E-state index is 10.7. The number of hydrogen-bond acceptors (Lipinski definition) is 4. The predicted molar refractivity (Wildman–Crippen MR) is 52.3 cm³/mol. The summed E-state index contributed by atoms with van der Waals surface area (Å²) in [6.07, 6.45) is 0.419. The molecule has 0 heterocycles. The van der Waals surface area contributed by atoms with Crippen molar-refractivity contribution in [1.82, 2.24) is 0 Å². The molecule has 0 fully saturated rings. The zero-order valence-electron chi connectivity index (χ0n) is 7.87. The fourth-order valence-corrected chi connectivity index (χ4v) is 1.67. The second kappa shape index (κ2) is 3.95. The number of benzene rings is 1. The summed E-state index contributed by atoms with van der Waals surface area (Å²) < 4.78 is 30.2. The molecule has 1 aromatic rings. The Morgan fingerprint density at radius 2 is 2.07 bits per heavy atom. The van der Waals surface area contributed by atoms with Crippen LogP contribution in [-0.4, -0.2) is 17.9 Å². The van der Waals surface area contributed by atoms with Crippen LogP contribution in [0, 0.1) is 10.1 Å². The molecule has 82 valence electrons. The molecule has 6 nitrogen and oxygen atoms in total. The molecule has 0 saturated carbocycles. The molecule has 0 radical (unpaired) electrons. The highest BCUT2D eigenvalue weighted by Gasteiger charge is 2.18. The standard InChI is InChI=1S/C8H9NO5S/c1-2-6-3-4-7(15(12,13)14)5-8(6)9(10)11/h3-5H,2H2,1H3,(H,12,13,14). The molecule has 0 atom stereocenters. The fraction of sp³-hybridized carbons (Fsp3) is 0.250. The van der Waals surface area contributed by atoms with Crippen LogP contribution < -0.4 is 0 Å². The molecule has 1 rings (SSSR count). The van der Waals surface area contributed by atoms with E-state index in [2.05, 4.69) is 0 Å². The molecular formula is C8H9NO5S.